The number of fused-ring (bicyclic) bond motifs is 1. The van der Waals surface area contributed by atoms with Crippen LogP contribution in [0, 0.1) is 11.8 Å². The highest BCUT2D eigenvalue weighted by atomic mass is 19.1. The highest BCUT2D eigenvalue weighted by molar-refractivity contribution is 5.92. The Labute approximate surface area is 82.7 Å². The number of hydrogen-bond acceptors (Lipinski definition) is 2. The number of nitrogens with one attached hydrogen (secondary N) is 2. The summed E-state index contributed by atoms with van der Waals surface area (Å²) in [6.45, 7) is 5.10. The van der Waals surface area contributed by atoms with E-state index in [1.54, 1.807) is 13.8 Å². The summed E-state index contributed by atoms with van der Waals surface area (Å²) in [5.41, 5.74) is 0.437. The van der Waals surface area contributed by atoms with Crippen LogP contribution in [0.5, 0.6) is 0 Å². The van der Waals surface area contributed by atoms with Gasteiger partial charge in [-0.2, -0.15) is 0 Å². The zero-order chi connectivity index (χ0) is 10.3. The van der Waals surface area contributed by atoms with Crippen LogP contribution >= 0.6 is 0 Å². The predicted octanol–water partition coefficient (Wildman–Crippen LogP) is 0.584. The maximum absolute atomic E-state index is 13.1. The molecule has 0 aromatic heterocycles. The van der Waals surface area contributed by atoms with Crippen LogP contribution in [0.2, 0.25) is 0 Å². The number of piperidine rings is 1. The van der Waals surface area contributed by atoms with Crippen molar-refractivity contribution in [2.24, 2.45) is 11.8 Å². The quantitative estimate of drug-likeness (QED) is 0.637. The van der Waals surface area contributed by atoms with Gasteiger partial charge in [-0.3, -0.25) is 4.79 Å². The molecule has 2 fully saturated rings. The van der Waals surface area contributed by atoms with Gasteiger partial charge in [-0.1, -0.05) is 0 Å². The molecular weight excluding hydrogens is 183 g/mol. The second-order valence-electron chi connectivity index (χ2n) is 4.30. The monoisotopic (exact) mass is 198 g/mol. The van der Waals surface area contributed by atoms with E-state index in [0.717, 1.165) is 13.1 Å². The van der Waals surface area contributed by atoms with E-state index in [4.69, 9.17) is 0 Å². The summed E-state index contributed by atoms with van der Waals surface area (Å²) >= 11 is 0. The molecule has 2 rings (SSSR count). The first-order valence-electron chi connectivity index (χ1n) is 4.96. The molecule has 1 heterocycles. The second-order valence-corrected chi connectivity index (χ2v) is 4.30. The number of hydrogen-bond donors (Lipinski definition) is 2. The lowest BCUT2D eigenvalue weighted by Gasteiger charge is -2.06. The molecule has 14 heavy (non-hydrogen) atoms. The van der Waals surface area contributed by atoms with E-state index < -0.39 is 11.7 Å². The molecule has 2 atom stereocenters. The van der Waals surface area contributed by atoms with Crippen molar-refractivity contribution in [1.29, 1.82) is 0 Å². The number of amides is 1. The summed E-state index contributed by atoms with van der Waals surface area (Å²) < 4.78 is 13.1. The van der Waals surface area contributed by atoms with Gasteiger partial charge in [0.05, 0.1) is 0 Å². The molecule has 2 N–H and O–H groups in total. The highest BCUT2D eigenvalue weighted by Crippen LogP contribution is 2.41. The van der Waals surface area contributed by atoms with Gasteiger partial charge >= 0.3 is 0 Å². The molecule has 0 radical (unpaired) electrons. The van der Waals surface area contributed by atoms with Gasteiger partial charge in [-0.15, -0.1) is 0 Å². The largest absolute Gasteiger partial charge is 0.347 e. The Kier molecular flexibility index (Phi) is 2.31. The summed E-state index contributed by atoms with van der Waals surface area (Å²) in [6, 6.07) is 0.203. The van der Waals surface area contributed by atoms with E-state index in [0.29, 0.717) is 17.4 Å². The Morgan fingerprint density at radius 2 is 1.93 bits per heavy atom. The number of carbonyl (C=O) groups is 1. The van der Waals surface area contributed by atoms with Gasteiger partial charge < -0.3 is 10.6 Å². The molecule has 2 unspecified atom stereocenters. The number of rotatable bonds is 2. The first-order valence-corrected chi connectivity index (χ1v) is 4.96. The van der Waals surface area contributed by atoms with Crippen molar-refractivity contribution in [1.82, 2.24) is 10.6 Å². The molecule has 0 aromatic carbocycles. The summed E-state index contributed by atoms with van der Waals surface area (Å²) in [5.74, 6) is -0.125. The first kappa shape index (κ1) is 9.65. The van der Waals surface area contributed by atoms with Crippen LogP contribution in [0.15, 0.2) is 11.4 Å². The van der Waals surface area contributed by atoms with E-state index in [1.165, 1.54) is 0 Å². The average molecular weight is 198 g/mol. The number of carbonyl (C=O) groups excluding carboxylic acids is 1. The molecule has 1 amide bonds. The fourth-order valence-corrected chi connectivity index (χ4v) is 2.07. The topological polar surface area (TPSA) is 41.1 Å². The molecule has 2 aliphatic rings. The van der Waals surface area contributed by atoms with Crippen molar-refractivity contribution in [3.05, 3.63) is 11.4 Å². The molecule has 0 bridgehead atoms. The van der Waals surface area contributed by atoms with E-state index >= 15 is 0 Å². The smallest absolute Gasteiger partial charge is 0.280 e. The molecule has 3 nitrogen and oxygen atoms in total. The number of allylic oxidation sites excluding steroid dienone is 1. The van der Waals surface area contributed by atoms with Crippen LogP contribution in [0.4, 0.5) is 4.39 Å². The van der Waals surface area contributed by atoms with Gasteiger partial charge in [-0.05, 0) is 31.3 Å². The fourth-order valence-electron chi connectivity index (χ4n) is 2.07. The molecule has 1 saturated heterocycles. The van der Waals surface area contributed by atoms with Crippen LogP contribution in [-0.4, -0.2) is 25.0 Å². The molecule has 1 saturated carbocycles. The van der Waals surface area contributed by atoms with Crippen LogP contribution in [-0.2, 0) is 4.79 Å². The Morgan fingerprint density at radius 3 is 2.43 bits per heavy atom. The minimum Gasteiger partial charge on any atom is -0.347 e. The van der Waals surface area contributed by atoms with Gasteiger partial charge in [0.15, 0.2) is 5.83 Å². The minimum absolute atomic E-state index is 0.203. The lowest BCUT2D eigenvalue weighted by molar-refractivity contribution is -0.119. The molecule has 0 spiro atoms. The Balaban J connectivity index is 1.88. The normalized spacial score (nSPS) is 33.5. The average Bonchev–Trinajstić information content (AvgIpc) is 2.63. The van der Waals surface area contributed by atoms with Crippen molar-refractivity contribution in [3.8, 4) is 0 Å². The summed E-state index contributed by atoms with van der Waals surface area (Å²) in [7, 11) is 0. The molecule has 1 aliphatic carbocycles. The second kappa shape index (κ2) is 3.35. The summed E-state index contributed by atoms with van der Waals surface area (Å²) in [4.78, 5) is 11.3. The van der Waals surface area contributed by atoms with Crippen molar-refractivity contribution in [2.75, 3.05) is 13.1 Å². The van der Waals surface area contributed by atoms with Crippen molar-refractivity contribution >= 4 is 5.91 Å². The van der Waals surface area contributed by atoms with Gasteiger partial charge in [0.25, 0.3) is 5.91 Å². The summed E-state index contributed by atoms with van der Waals surface area (Å²) in [6.07, 6.45) is 0. The fraction of sp³-hybridized carbons (Fsp3) is 0.700. The lowest BCUT2D eigenvalue weighted by atomic mass is 10.3. The Hall–Kier alpha value is -0.900. The van der Waals surface area contributed by atoms with Crippen molar-refractivity contribution in [2.45, 2.75) is 19.9 Å². The zero-order valence-corrected chi connectivity index (χ0v) is 8.43. The summed E-state index contributed by atoms with van der Waals surface area (Å²) in [5, 5.41) is 5.95. The lowest BCUT2D eigenvalue weighted by Crippen LogP contribution is -2.32. The van der Waals surface area contributed by atoms with E-state index in [1.807, 2.05) is 0 Å². The van der Waals surface area contributed by atoms with Crippen LogP contribution in [0.25, 0.3) is 0 Å². The third-order valence-corrected chi connectivity index (χ3v) is 3.03. The SMILES string of the molecule is CC(C)=C(F)C(=O)NC1C2CNCC21. The molecule has 4 heteroatoms. The first-order chi connectivity index (χ1) is 6.61. The van der Waals surface area contributed by atoms with Crippen LogP contribution in [0.3, 0.4) is 0 Å². The maximum Gasteiger partial charge on any atom is 0.280 e. The van der Waals surface area contributed by atoms with Gasteiger partial charge in [0.2, 0.25) is 0 Å². The van der Waals surface area contributed by atoms with Crippen LogP contribution < -0.4 is 10.6 Å². The third kappa shape index (κ3) is 1.54. The van der Waals surface area contributed by atoms with E-state index in [-0.39, 0.29) is 6.04 Å². The third-order valence-electron chi connectivity index (χ3n) is 3.03. The maximum atomic E-state index is 13.1. The highest BCUT2D eigenvalue weighted by Gasteiger charge is 2.53. The van der Waals surface area contributed by atoms with E-state index in [2.05, 4.69) is 10.6 Å². The van der Waals surface area contributed by atoms with Gasteiger partial charge in [0.1, 0.15) is 0 Å². The van der Waals surface area contributed by atoms with Crippen LogP contribution in [0.1, 0.15) is 13.8 Å². The predicted molar refractivity (Wildman–Crippen MR) is 51.3 cm³/mol. The molecule has 0 aromatic rings. The van der Waals surface area contributed by atoms with Crippen molar-refractivity contribution in [3.63, 3.8) is 0 Å². The zero-order valence-electron chi connectivity index (χ0n) is 8.43. The minimum atomic E-state index is -0.636. The number of halogens is 1. The van der Waals surface area contributed by atoms with Gasteiger partial charge in [0, 0.05) is 19.1 Å². The molecule has 1 aliphatic heterocycles. The molecular formula is C10H15FN2O. The standard InChI is InChI=1S/C10H15FN2O/c1-5(2)8(11)10(14)13-9-6-3-12-4-7(6)9/h6-7,9,12H,3-4H2,1-2H3,(H,13,14). The Morgan fingerprint density at radius 1 is 1.36 bits per heavy atom. The molecule has 78 valence electrons. The van der Waals surface area contributed by atoms with Crippen molar-refractivity contribution < 1.29 is 9.18 Å². The Bertz CT molecular complexity index is 286. The van der Waals surface area contributed by atoms with Gasteiger partial charge in [-0.25, -0.2) is 4.39 Å². The van der Waals surface area contributed by atoms with E-state index in [9.17, 15) is 9.18 Å².